The maximum Gasteiger partial charge on any atom is 0.283 e. The Morgan fingerprint density at radius 1 is 1.08 bits per heavy atom. The average Bonchev–Trinajstić information content (AvgIpc) is 3.40. The summed E-state index contributed by atoms with van der Waals surface area (Å²) in [5.74, 6) is 0.772. The highest BCUT2D eigenvalue weighted by Crippen LogP contribution is 2.30. The maximum atomic E-state index is 12.9. The number of para-hydroxylation sites is 1. The molecule has 0 saturated carbocycles. The predicted molar refractivity (Wildman–Crippen MR) is 146 cm³/mol. The number of nitrogens with one attached hydrogen (secondary N) is 1. The highest BCUT2D eigenvalue weighted by Gasteiger charge is 2.36. The number of hydrazone groups is 1. The van der Waals surface area contributed by atoms with E-state index in [1.165, 1.54) is 22.3 Å². The molecule has 1 N–H and O–H groups in total. The molecule has 0 fully saturated rings. The minimum atomic E-state index is -0.440. The van der Waals surface area contributed by atoms with Crippen LogP contribution in [0, 0.1) is 19.3 Å². The van der Waals surface area contributed by atoms with Gasteiger partial charge in [-0.1, -0.05) is 44.2 Å². The molecule has 7 nitrogen and oxygen atoms in total. The van der Waals surface area contributed by atoms with Crippen LogP contribution in [0.3, 0.4) is 0 Å². The second kappa shape index (κ2) is 9.62. The fourth-order valence-electron chi connectivity index (χ4n) is 4.25. The monoisotopic (exact) mass is 497 g/mol. The van der Waals surface area contributed by atoms with Crippen molar-refractivity contribution < 1.29 is 9.53 Å². The highest BCUT2D eigenvalue weighted by molar-refractivity contribution is 8.27. The first kappa shape index (κ1) is 23.8. The Balaban J connectivity index is 1.39. The first-order chi connectivity index (χ1) is 17.3. The number of carbonyl (C=O) groups is 1. The van der Waals surface area contributed by atoms with E-state index < -0.39 is 5.91 Å². The lowest BCUT2D eigenvalue weighted by Crippen LogP contribution is -2.35. The van der Waals surface area contributed by atoms with Gasteiger partial charge in [-0.15, -0.1) is 0 Å². The number of hydrogen-bond acceptors (Lipinski definition) is 5. The number of rotatable bonds is 6. The summed E-state index contributed by atoms with van der Waals surface area (Å²) in [4.78, 5) is 17.1. The van der Waals surface area contributed by atoms with Gasteiger partial charge in [0.25, 0.3) is 5.91 Å². The quantitative estimate of drug-likeness (QED) is 0.429. The SMILES string of the molecule is Cc1cc(C=C2C(=N)N3N=C(COc4ccccc4)SC3=NC2=O)c(C)n1-c1ccc(C(C)C)cc1. The van der Waals surface area contributed by atoms with Crippen molar-refractivity contribution in [3.05, 3.63) is 88.8 Å². The van der Waals surface area contributed by atoms with Gasteiger partial charge in [-0.05, 0) is 79.1 Å². The number of benzene rings is 2. The van der Waals surface area contributed by atoms with Crippen LogP contribution in [0.15, 0.2) is 76.3 Å². The van der Waals surface area contributed by atoms with E-state index in [2.05, 4.69) is 52.8 Å². The summed E-state index contributed by atoms with van der Waals surface area (Å²) < 4.78 is 7.93. The van der Waals surface area contributed by atoms with Crippen molar-refractivity contribution >= 4 is 39.8 Å². The summed E-state index contributed by atoms with van der Waals surface area (Å²) >= 11 is 1.25. The van der Waals surface area contributed by atoms with Crippen LogP contribution in [0.25, 0.3) is 11.8 Å². The number of amidine groups is 2. The molecule has 0 radical (unpaired) electrons. The zero-order valence-corrected chi connectivity index (χ0v) is 21.5. The molecule has 36 heavy (non-hydrogen) atoms. The van der Waals surface area contributed by atoms with Gasteiger partial charge in [0.15, 0.2) is 5.84 Å². The molecule has 0 unspecified atom stereocenters. The van der Waals surface area contributed by atoms with Crippen LogP contribution in [0.1, 0.15) is 42.3 Å². The highest BCUT2D eigenvalue weighted by atomic mass is 32.2. The molecule has 5 rings (SSSR count). The molecule has 3 heterocycles. The molecule has 0 atom stereocenters. The molecular weight excluding hydrogens is 470 g/mol. The van der Waals surface area contributed by atoms with Crippen molar-refractivity contribution in [1.29, 1.82) is 5.41 Å². The van der Waals surface area contributed by atoms with Crippen LogP contribution >= 0.6 is 11.8 Å². The second-order valence-electron chi connectivity index (χ2n) is 9.02. The van der Waals surface area contributed by atoms with Crippen molar-refractivity contribution in [2.75, 3.05) is 6.61 Å². The number of thioether (sulfide) groups is 1. The summed E-state index contributed by atoms with van der Waals surface area (Å²) in [6.45, 7) is 8.65. The van der Waals surface area contributed by atoms with Crippen LogP contribution in [-0.2, 0) is 4.79 Å². The summed E-state index contributed by atoms with van der Waals surface area (Å²) in [5.41, 5.74) is 5.47. The molecule has 2 aliphatic rings. The fraction of sp³-hybridized carbons (Fsp3) is 0.214. The molecule has 0 bridgehead atoms. The van der Waals surface area contributed by atoms with Gasteiger partial charge in [0.05, 0.1) is 5.57 Å². The molecule has 0 aliphatic carbocycles. The van der Waals surface area contributed by atoms with Gasteiger partial charge in [0.1, 0.15) is 17.4 Å². The number of carbonyl (C=O) groups excluding carboxylic acids is 1. The van der Waals surface area contributed by atoms with Crippen LogP contribution < -0.4 is 4.74 Å². The van der Waals surface area contributed by atoms with Gasteiger partial charge in [-0.3, -0.25) is 10.2 Å². The molecule has 0 spiro atoms. The topological polar surface area (TPSA) is 83.0 Å². The average molecular weight is 498 g/mol. The predicted octanol–water partition coefficient (Wildman–Crippen LogP) is 5.92. The Hall–Kier alpha value is -3.91. The molecule has 182 valence electrons. The number of amides is 1. The molecule has 3 aromatic rings. The lowest BCUT2D eigenvalue weighted by Gasteiger charge is -2.20. The zero-order valence-electron chi connectivity index (χ0n) is 20.6. The first-order valence-corrected chi connectivity index (χ1v) is 12.6. The molecule has 2 aliphatic heterocycles. The van der Waals surface area contributed by atoms with Gasteiger partial charge in [0, 0.05) is 17.1 Å². The van der Waals surface area contributed by atoms with E-state index in [0.29, 0.717) is 16.1 Å². The zero-order chi connectivity index (χ0) is 25.4. The third kappa shape index (κ3) is 4.52. The van der Waals surface area contributed by atoms with Crippen LogP contribution in [0.2, 0.25) is 0 Å². The standard InChI is InChI=1S/C28H27N5O2S/c1-17(2)20-10-12-22(13-11-20)32-18(3)14-21(19(32)4)15-24-26(29)33-28(30-27(24)34)36-25(31-33)16-35-23-8-6-5-7-9-23/h5-15,17,29H,16H2,1-4H3. The number of fused-ring (bicyclic) bond motifs is 1. The van der Waals surface area contributed by atoms with Crippen molar-refractivity contribution in [3.63, 3.8) is 0 Å². The van der Waals surface area contributed by atoms with E-state index in [0.717, 1.165) is 28.4 Å². The Labute approximate surface area is 214 Å². The number of aryl methyl sites for hydroxylation is 1. The smallest absolute Gasteiger partial charge is 0.283 e. The number of ether oxygens (including phenoxy) is 1. The third-order valence-corrected chi connectivity index (χ3v) is 7.07. The molecule has 8 heteroatoms. The number of aliphatic imine (C=N–C) groups is 1. The largest absolute Gasteiger partial charge is 0.487 e. The Morgan fingerprint density at radius 3 is 2.50 bits per heavy atom. The maximum absolute atomic E-state index is 12.9. The summed E-state index contributed by atoms with van der Waals surface area (Å²) in [6.07, 6.45) is 1.74. The molecule has 1 amide bonds. The lowest BCUT2D eigenvalue weighted by atomic mass is 10.0. The minimum absolute atomic E-state index is 0.0123. The second-order valence-corrected chi connectivity index (χ2v) is 10.1. The van der Waals surface area contributed by atoms with E-state index >= 15 is 0 Å². The fourth-order valence-corrected chi connectivity index (χ4v) is 5.04. The van der Waals surface area contributed by atoms with Crippen molar-refractivity contribution in [2.24, 2.45) is 10.1 Å². The van der Waals surface area contributed by atoms with E-state index in [1.807, 2.05) is 50.2 Å². The summed E-state index contributed by atoms with van der Waals surface area (Å²) in [6, 6.07) is 20.0. The third-order valence-electron chi connectivity index (χ3n) is 6.19. The Bertz CT molecular complexity index is 1430. The van der Waals surface area contributed by atoms with Crippen LogP contribution in [-0.4, -0.2) is 38.1 Å². The first-order valence-electron chi connectivity index (χ1n) is 11.8. The van der Waals surface area contributed by atoms with Crippen LogP contribution in [0.4, 0.5) is 0 Å². The van der Waals surface area contributed by atoms with E-state index in [9.17, 15) is 4.79 Å². The van der Waals surface area contributed by atoms with Crippen molar-refractivity contribution in [2.45, 2.75) is 33.6 Å². The van der Waals surface area contributed by atoms with Gasteiger partial charge in [0.2, 0.25) is 5.17 Å². The van der Waals surface area contributed by atoms with Gasteiger partial charge < -0.3 is 9.30 Å². The number of aromatic nitrogens is 1. The summed E-state index contributed by atoms with van der Waals surface area (Å²) in [7, 11) is 0. The van der Waals surface area contributed by atoms with E-state index in [4.69, 9.17) is 10.1 Å². The lowest BCUT2D eigenvalue weighted by molar-refractivity contribution is -0.114. The molecule has 0 saturated heterocycles. The molecule has 2 aromatic carbocycles. The summed E-state index contributed by atoms with van der Waals surface area (Å²) in [5, 5.41) is 15.6. The molecular formula is C28H27N5O2S. The Kier molecular flexibility index (Phi) is 6.36. The van der Waals surface area contributed by atoms with Crippen molar-refractivity contribution in [1.82, 2.24) is 9.58 Å². The number of nitrogens with zero attached hydrogens (tertiary/aromatic N) is 4. The van der Waals surface area contributed by atoms with Crippen molar-refractivity contribution in [3.8, 4) is 11.4 Å². The molecule has 1 aromatic heterocycles. The van der Waals surface area contributed by atoms with Crippen LogP contribution in [0.5, 0.6) is 5.75 Å². The number of hydrogen-bond donors (Lipinski definition) is 1. The van der Waals surface area contributed by atoms with Gasteiger partial charge in [-0.2, -0.15) is 15.1 Å². The Morgan fingerprint density at radius 2 is 1.81 bits per heavy atom. The van der Waals surface area contributed by atoms with Gasteiger partial charge >= 0.3 is 0 Å². The minimum Gasteiger partial charge on any atom is -0.487 e. The van der Waals surface area contributed by atoms with E-state index in [1.54, 1.807) is 6.08 Å². The van der Waals surface area contributed by atoms with Gasteiger partial charge in [-0.25, -0.2) is 0 Å². The normalized spacial score (nSPS) is 16.5. The van der Waals surface area contributed by atoms with E-state index in [-0.39, 0.29) is 18.0 Å².